The summed E-state index contributed by atoms with van der Waals surface area (Å²) in [5.74, 6) is 4.86. The highest BCUT2D eigenvalue weighted by Gasteiger charge is 2.25. The van der Waals surface area contributed by atoms with Crippen LogP contribution in [0.3, 0.4) is 0 Å². The fourth-order valence-electron chi connectivity index (χ4n) is 4.64. The number of Topliss-reactive ketones (excluding diaryl/α,β-unsaturated/α-hetero) is 1. The lowest BCUT2D eigenvalue weighted by Crippen LogP contribution is -2.31. The topological polar surface area (TPSA) is 134 Å². The number of fused-ring (bicyclic) bond motifs is 1. The van der Waals surface area contributed by atoms with E-state index in [4.69, 9.17) is 10.00 Å². The van der Waals surface area contributed by atoms with Gasteiger partial charge in [0.25, 0.3) is 0 Å². The van der Waals surface area contributed by atoms with Gasteiger partial charge in [-0.05, 0) is 43.9 Å². The van der Waals surface area contributed by atoms with Crippen molar-refractivity contribution in [2.45, 2.75) is 38.8 Å². The molecule has 1 fully saturated rings. The summed E-state index contributed by atoms with van der Waals surface area (Å²) in [4.78, 5) is 17.3. The van der Waals surface area contributed by atoms with Crippen LogP contribution in [0.4, 0.5) is 4.39 Å². The summed E-state index contributed by atoms with van der Waals surface area (Å²) in [5.41, 5.74) is 3.41. The van der Waals surface area contributed by atoms with E-state index in [0.29, 0.717) is 46.9 Å². The molecule has 5 rings (SSSR count). The summed E-state index contributed by atoms with van der Waals surface area (Å²) in [7, 11) is 0. The minimum atomic E-state index is -0.907. The number of aliphatic hydroxyl groups is 1. The maximum atomic E-state index is 13.5. The van der Waals surface area contributed by atoms with E-state index in [1.54, 1.807) is 21.7 Å². The first kappa shape index (κ1) is 25.8. The molecule has 0 spiro atoms. The number of pyridine rings is 2. The number of nitriles is 1. The van der Waals surface area contributed by atoms with Crippen molar-refractivity contribution in [1.29, 1.82) is 5.26 Å². The largest absolute Gasteiger partial charge is 0.479 e. The molecule has 0 aromatic carbocycles. The molecule has 5 heterocycles. The molecule has 11 nitrogen and oxygen atoms in total. The second kappa shape index (κ2) is 10.9. The van der Waals surface area contributed by atoms with E-state index in [0.717, 1.165) is 24.7 Å². The van der Waals surface area contributed by atoms with Crippen molar-refractivity contribution in [1.82, 2.24) is 34.5 Å². The molecule has 0 aliphatic carbocycles. The summed E-state index contributed by atoms with van der Waals surface area (Å²) < 4.78 is 23.1. The van der Waals surface area contributed by atoms with Gasteiger partial charge in [-0.15, -0.1) is 5.10 Å². The van der Waals surface area contributed by atoms with Crippen LogP contribution in [0, 0.1) is 36.0 Å². The monoisotopic (exact) mass is 528 g/mol. The van der Waals surface area contributed by atoms with E-state index in [1.165, 1.54) is 25.3 Å². The Kier molecular flexibility index (Phi) is 7.21. The SMILES string of the molecule is CC(=O)C#Cc1cnn2cc(-c3nnn(C4CCN(C#N)CC4)c3C)cc(O[C@H](CO)c3ccc(F)cn3)c12. The van der Waals surface area contributed by atoms with Gasteiger partial charge in [0.2, 0.25) is 5.78 Å². The molecule has 1 atom stereocenters. The van der Waals surface area contributed by atoms with Crippen LogP contribution in [-0.4, -0.2) is 65.1 Å². The van der Waals surface area contributed by atoms with Crippen molar-refractivity contribution >= 4 is 11.3 Å². The van der Waals surface area contributed by atoms with Gasteiger partial charge in [-0.3, -0.25) is 9.78 Å². The first-order valence-electron chi connectivity index (χ1n) is 12.4. The molecular formula is C27H25FN8O3. The van der Waals surface area contributed by atoms with Crippen LogP contribution < -0.4 is 4.74 Å². The number of hydrogen-bond acceptors (Lipinski definition) is 9. The Morgan fingerprint density at radius 1 is 1.31 bits per heavy atom. The van der Waals surface area contributed by atoms with Crippen molar-refractivity contribution in [3.05, 3.63) is 59.6 Å². The zero-order valence-electron chi connectivity index (χ0n) is 21.4. The fraction of sp³-hybridized carbons (Fsp3) is 0.333. The quantitative estimate of drug-likeness (QED) is 0.296. The van der Waals surface area contributed by atoms with Gasteiger partial charge in [0, 0.05) is 31.8 Å². The number of ether oxygens (including phenoxy) is 1. The maximum absolute atomic E-state index is 13.5. The average Bonchev–Trinajstić information content (AvgIpc) is 3.54. The minimum absolute atomic E-state index is 0.122. The van der Waals surface area contributed by atoms with Crippen molar-refractivity contribution in [2.24, 2.45) is 0 Å². The maximum Gasteiger partial charge on any atom is 0.202 e. The van der Waals surface area contributed by atoms with Gasteiger partial charge in [-0.1, -0.05) is 11.1 Å². The highest BCUT2D eigenvalue weighted by molar-refractivity contribution is 5.94. The van der Waals surface area contributed by atoms with Crippen LogP contribution in [0.2, 0.25) is 0 Å². The van der Waals surface area contributed by atoms with Gasteiger partial charge >= 0.3 is 0 Å². The lowest BCUT2D eigenvalue weighted by atomic mass is 10.0. The Morgan fingerprint density at radius 2 is 2.10 bits per heavy atom. The van der Waals surface area contributed by atoms with E-state index < -0.39 is 18.5 Å². The van der Waals surface area contributed by atoms with Crippen molar-refractivity contribution < 1.29 is 19.0 Å². The number of halogens is 1. The minimum Gasteiger partial charge on any atom is -0.479 e. The normalized spacial score (nSPS) is 14.5. The van der Waals surface area contributed by atoms with Gasteiger partial charge in [-0.25, -0.2) is 13.6 Å². The lowest BCUT2D eigenvalue weighted by Gasteiger charge is -2.28. The third-order valence-electron chi connectivity index (χ3n) is 6.62. The molecule has 1 aliphatic heterocycles. The molecule has 0 unspecified atom stereocenters. The number of likely N-dealkylation sites (tertiary alicyclic amines) is 1. The molecule has 1 N–H and O–H groups in total. The Morgan fingerprint density at radius 3 is 2.77 bits per heavy atom. The third-order valence-corrected chi connectivity index (χ3v) is 6.62. The molecule has 0 bridgehead atoms. The van der Waals surface area contributed by atoms with Crippen LogP contribution >= 0.6 is 0 Å². The smallest absolute Gasteiger partial charge is 0.202 e. The van der Waals surface area contributed by atoms with Gasteiger partial charge in [0.1, 0.15) is 22.8 Å². The first-order valence-corrected chi connectivity index (χ1v) is 12.4. The number of carbonyl (C=O) groups is 1. The summed E-state index contributed by atoms with van der Waals surface area (Å²) >= 11 is 0. The zero-order valence-corrected chi connectivity index (χ0v) is 21.4. The number of carbonyl (C=O) groups excluding carboxylic acids is 1. The summed E-state index contributed by atoms with van der Waals surface area (Å²) in [6, 6.07) is 4.56. The molecule has 198 valence electrons. The van der Waals surface area contributed by atoms with Gasteiger partial charge in [0.15, 0.2) is 12.3 Å². The molecular weight excluding hydrogens is 503 g/mol. The van der Waals surface area contributed by atoms with E-state index in [1.807, 2.05) is 11.6 Å². The van der Waals surface area contributed by atoms with Crippen LogP contribution in [0.5, 0.6) is 5.75 Å². The van der Waals surface area contributed by atoms with Gasteiger partial charge in [-0.2, -0.15) is 10.4 Å². The van der Waals surface area contributed by atoms with E-state index in [9.17, 15) is 14.3 Å². The Balaban J connectivity index is 1.57. The number of piperidine rings is 1. The first-order chi connectivity index (χ1) is 18.9. The number of aliphatic hydroxyl groups excluding tert-OH is 1. The average molecular weight is 529 g/mol. The standard InChI is InChI=1S/C27H25FN8O3/c1-17(38)3-4-19-12-31-35-14-20(26-18(2)36(33-32-26)22-7-9-34(16-29)10-8-22)11-24(27(19)35)39-25(15-37)23-6-5-21(28)13-30-23/h5-6,11-14,22,25,37H,7-10,15H2,1-2H3/t25-/m1/s1. The number of aromatic nitrogens is 6. The molecule has 0 saturated carbocycles. The van der Waals surface area contributed by atoms with Crippen molar-refractivity contribution in [3.63, 3.8) is 0 Å². The van der Waals surface area contributed by atoms with Crippen molar-refractivity contribution in [3.8, 4) is 35.0 Å². The zero-order chi connectivity index (χ0) is 27.5. The van der Waals surface area contributed by atoms with E-state index >= 15 is 0 Å². The molecule has 0 amide bonds. The second-order valence-electron chi connectivity index (χ2n) is 9.23. The molecule has 39 heavy (non-hydrogen) atoms. The summed E-state index contributed by atoms with van der Waals surface area (Å²) in [6.07, 6.45) is 7.20. The Bertz CT molecular complexity index is 1620. The third kappa shape index (κ3) is 5.28. The second-order valence-corrected chi connectivity index (χ2v) is 9.23. The highest BCUT2D eigenvalue weighted by atomic mass is 19.1. The highest BCUT2D eigenvalue weighted by Crippen LogP contribution is 2.34. The van der Waals surface area contributed by atoms with E-state index in [2.05, 4.69) is 38.4 Å². The lowest BCUT2D eigenvalue weighted by molar-refractivity contribution is -0.111. The van der Waals surface area contributed by atoms with Crippen molar-refractivity contribution in [2.75, 3.05) is 19.7 Å². The predicted octanol–water partition coefficient (Wildman–Crippen LogP) is 2.61. The van der Waals surface area contributed by atoms with Crippen LogP contribution in [0.1, 0.15) is 48.9 Å². The summed E-state index contributed by atoms with van der Waals surface area (Å²) in [6.45, 7) is 4.21. The molecule has 1 aliphatic rings. The Hall–Kier alpha value is -4.81. The number of rotatable bonds is 6. The van der Waals surface area contributed by atoms with Gasteiger partial charge in [0.05, 0.1) is 42.0 Å². The molecule has 1 saturated heterocycles. The molecule has 12 heteroatoms. The number of nitrogens with zero attached hydrogens (tertiary/aromatic N) is 8. The summed E-state index contributed by atoms with van der Waals surface area (Å²) in [5, 5.41) is 32.5. The van der Waals surface area contributed by atoms with Crippen LogP contribution in [-0.2, 0) is 4.79 Å². The molecule has 0 radical (unpaired) electrons. The predicted molar refractivity (Wildman–Crippen MR) is 137 cm³/mol. The Labute approximate surface area is 223 Å². The van der Waals surface area contributed by atoms with Gasteiger partial charge < -0.3 is 14.7 Å². The fourth-order valence-corrected chi connectivity index (χ4v) is 4.64. The molecule has 4 aromatic rings. The van der Waals surface area contributed by atoms with E-state index in [-0.39, 0.29) is 11.8 Å². The van der Waals surface area contributed by atoms with Crippen LogP contribution in [0.25, 0.3) is 16.8 Å². The van der Waals surface area contributed by atoms with Crippen LogP contribution in [0.15, 0.2) is 36.8 Å². The number of ketones is 1. The molecule has 4 aromatic heterocycles. The number of hydrogen-bond donors (Lipinski definition) is 1.